The standard InChI is InChI=1S/C18H24N2O5/c1-19(16(21)10-13-5-3-7-15(9-13)25-2)12-17(22)20-8-4-6-14(11-20)18(23)24/h3,5,7,9,14H,4,6,8,10-12H2,1-2H3,(H,23,24). The summed E-state index contributed by atoms with van der Waals surface area (Å²) in [4.78, 5) is 38.7. The number of likely N-dealkylation sites (N-methyl/N-ethyl adjacent to an activating group) is 1. The molecule has 0 radical (unpaired) electrons. The number of hydrogen-bond acceptors (Lipinski definition) is 4. The number of rotatable bonds is 6. The molecular weight excluding hydrogens is 324 g/mol. The highest BCUT2D eigenvalue weighted by Crippen LogP contribution is 2.17. The maximum Gasteiger partial charge on any atom is 0.308 e. The normalized spacial score (nSPS) is 17.0. The van der Waals surface area contributed by atoms with Crippen LogP contribution in [0, 0.1) is 5.92 Å². The Balaban J connectivity index is 1.89. The summed E-state index contributed by atoms with van der Waals surface area (Å²) in [6.07, 6.45) is 1.44. The second-order valence-corrected chi connectivity index (χ2v) is 6.30. The number of carbonyl (C=O) groups is 3. The second-order valence-electron chi connectivity index (χ2n) is 6.30. The molecule has 1 heterocycles. The van der Waals surface area contributed by atoms with Crippen molar-refractivity contribution in [2.75, 3.05) is 33.8 Å². The molecule has 136 valence electrons. The number of carbonyl (C=O) groups excluding carboxylic acids is 2. The number of carboxylic acid groups (broad SMARTS) is 1. The summed E-state index contributed by atoms with van der Waals surface area (Å²) in [6.45, 7) is 0.710. The molecule has 1 saturated heterocycles. The van der Waals surface area contributed by atoms with Gasteiger partial charge in [0.2, 0.25) is 11.8 Å². The van der Waals surface area contributed by atoms with E-state index in [1.807, 2.05) is 12.1 Å². The number of likely N-dealkylation sites (tertiary alicyclic amines) is 1. The minimum absolute atomic E-state index is 0.0465. The predicted octanol–water partition coefficient (Wildman–Crippen LogP) is 1.02. The number of amides is 2. The van der Waals surface area contributed by atoms with E-state index in [1.165, 1.54) is 9.80 Å². The van der Waals surface area contributed by atoms with Gasteiger partial charge < -0.3 is 19.6 Å². The van der Waals surface area contributed by atoms with Crippen molar-refractivity contribution in [3.05, 3.63) is 29.8 Å². The average molecular weight is 348 g/mol. The molecule has 1 N–H and O–H groups in total. The molecule has 0 spiro atoms. The summed E-state index contributed by atoms with van der Waals surface area (Å²) in [7, 11) is 3.15. The summed E-state index contributed by atoms with van der Waals surface area (Å²) in [6, 6.07) is 7.23. The molecule has 1 aliphatic rings. The van der Waals surface area contributed by atoms with Crippen LogP contribution in [-0.2, 0) is 20.8 Å². The second kappa shape index (κ2) is 8.50. The van der Waals surface area contributed by atoms with Crippen molar-refractivity contribution in [2.24, 2.45) is 5.92 Å². The molecule has 25 heavy (non-hydrogen) atoms. The lowest BCUT2D eigenvalue weighted by molar-refractivity contribution is -0.147. The Morgan fingerprint density at radius 1 is 1.36 bits per heavy atom. The van der Waals surface area contributed by atoms with E-state index in [9.17, 15) is 14.4 Å². The van der Waals surface area contributed by atoms with E-state index < -0.39 is 11.9 Å². The van der Waals surface area contributed by atoms with Crippen molar-refractivity contribution < 1.29 is 24.2 Å². The summed E-state index contributed by atoms with van der Waals surface area (Å²) < 4.78 is 5.14. The lowest BCUT2D eigenvalue weighted by Crippen LogP contribution is -2.47. The molecule has 7 heteroatoms. The van der Waals surface area contributed by atoms with E-state index in [-0.39, 0.29) is 31.3 Å². The molecule has 1 fully saturated rings. The number of aliphatic carboxylic acids is 1. The van der Waals surface area contributed by atoms with Crippen molar-refractivity contribution in [3.8, 4) is 5.75 Å². The Labute approximate surface area is 147 Å². The van der Waals surface area contributed by atoms with Crippen LogP contribution in [-0.4, -0.2) is 66.5 Å². The topological polar surface area (TPSA) is 87.2 Å². The van der Waals surface area contributed by atoms with Gasteiger partial charge in [-0.05, 0) is 30.5 Å². The third kappa shape index (κ3) is 5.20. The van der Waals surface area contributed by atoms with Crippen LogP contribution in [0.5, 0.6) is 5.75 Å². The number of nitrogens with zero attached hydrogens (tertiary/aromatic N) is 2. The van der Waals surface area contributed by atoms with Gasteiger partial charge in [0.25, 0.3) is 0 Å². The van der Waals surface area contributed by atoms with Crippen molar-refractivity contribution in [3.63, 3.8) is 0 Å². The van der Waals surface area contributed by atoms with Gasteiger partial charge in [0.05, 0.1) is 26.0 Å². The van der Waals surface area contributed by atoms with E-state index in [2.05, 4.69) is 0 Å². The molecule has 7 nitrogen and oxygen atoms in total. The minimum Gasteiger partial charge on any atom is -0.497 e. The molecule has 0 saturated carbocycles. The zero-order chi connectivity index (χ0) is 18.4. The summed E-state index contributed by atoms with van der Waals surface area (Å²) in [5.74, 6) is -1.10. The van der Waals surface area contributed by atoms with Crippen LogP contribution in [0.2, 0.25) is 0 Å². The van der Waals surface area contributed by atoms with Gasteiger partial charge >= 0.3 is 5.97 Å². The Morgan fingerprint density at radius 2 is 2.12 bits per heavy atom. The Kier molecular flexibility index (Phi) is 6.38. The van der Waals surface area contributed by atoms with Gasteiger partial charge in [-0.2, -0.15) is 0 Å². The molecule has 1 atom stereocenters. The van der Waals surface area contributed by atoms with Crippen molar-refractivity contribution in [1.82, 2.24) is 9.80 Å². The fraction of sp³-hybridized carbons (Fsp3) is 0.500. The molecule has 2 rings (SSSR count). The zero-order valence-corrected chi connectivity index (χ0v) is 14.6. The van der Waals surface area contributed by atoms with Crippen LogP contribution in [0.3, 0.4) is 0 Å². The number of ether oxygens (including phenoxy) is 1. The van der Waals surface area contributed by atoms with Crippen LogP contribution in [0.1, 0.15) is 18.4 Å². The van der Waals surface area contributed by atoms with Crippen LogP contribution in [0.4, 0.5) is 0 Å². The molecule has 1 aliphatic heterocycles. The summed E-state index contributed by atoms with van der Waals surface area (Å²) in [5.41, 5.74) is 0.813. The smallest absolute Gasteiger partial charge is 0.308 e. The predicted molar refractivity (Wildman–Crippen MR) is 91.3 cm³/mol. The highest BCUT2D eigenvalue weighted by molar-refractivity contribution is 5.86. The Morgan fingerprint density at radius 3 is 2.80 bits per heavy atom. The van der Waals surface area contributed by atoms with E-state index in [1.54, 1.807) is 26.3 Å². The molecule has 1 aromatic rings. The highest BCUT2D eigenvalue weighted by atomic mass is 16.5. The first-order valence-corrected chi connectivity index (χ1v) is 8.28. The average Bonchev–Trinajstić information content (AvgIpc) is 2.61. The number of piperidine rings is 1. The van der Waals surface area contributed by atoms with Crippen molar-refractivity contribution in [1.29, 1.82) is 0 Å². The summed E-state index contributed by atoms with van der Waals surface area (Å²) >= 11 is 0. The lowest BCUT2D eigenvalue weighted by atomic mass is 9.98. The maximum atomic E-state index is 12.4. The SMILES string of the molecule is COc1cccc(CC(=O)N(C)CC(=O)N2CCCC(C(=O)O)C2)c1. The fourth-order valence-corrected chi connectivity index (χ4v) is 2.89. The molecule has 2 amide bonds. The molecule has 0 aromatic heterocycles. The quantitative estimate of drug-likeness (QED) is 0.829. The van der Waals surface area contributed by atoms with E-state index in [0.717, 1.165) is 5.56 Å². The highest BCUT2D eigenvalue weighted by Gasteiger charge is 2.28. The first-order valence-electron chi connectivity index (χ1n) is 8.28. The number of methoxy groups -OCH3 is 1. The monoisotopic (exact) mass is 348 g/mol. The molecular formula is C18H24N2O5. The van der Waals surface area contributed by atoms with Gasteiger partial charge in [-0.25, -0.2) is 0 Å². The van der Waals surface area contributed by atoms with Crippen molar-refractivity contribution in [2.45, 2.75) is 19.3 Å². The lowest BCUT2D eigenvalue weighted by Gasteiger charge is -2.32. The van der Waals surface area contributed by atoms with Crippen LogP contribution in [0.25, 0.3) is 0 Å². The van der Waals surface area contributed by atoms with Gasteiger partial charge in [-0.15, -0.1) is 0 Å². The third-order valence-corrected chi connectivity index (χ3v) is 4.41. The summed E-state index contributed by atoms with van der Waals surface area (Å²) in [5, 5.41) is 9.10. The van der Waals surface area contributed by atoms with Gasteiger partial charge in [0.1, 0.15) is 5.75 Å². The first-order chi connectivity index (χ1) is 11.9. The Bertz CT molecular complexity index is 646. The van der Waals surface area contributed by atoms with Gasteiger partial charge in [0.15, 0.2) is 0 Å². The maximum absolute atomic E-state index is 12.4. The minimum atomic E-state index is -0.875. The zero-order valence-electron chi connectivity index (χ0n) is 14.6. The molecule has 1 unspecified atom stereocenters. The van der Waals surface area contributed by atoms with E-state index >= 15 is 0 Å². The van der Waals surface area contributed by atoms with Crippen LogP contribution < -0.4 is 4.74 Å². The number of carboxylic acids is 1. The molecule has 1 aromatic carbocycles. The van der Waals surface area contributed by atoms with Crippen LogP contribution >= 0.6 is 0 Å². The van der Waals surface area contributed by atoms with Crippen LogP contribution in [0.15, 0.2) is 24.3 Å². The Hall–Kier alpha value is -2.57. The molecule has 0 bridgehead atoms. The van der Waals surface area contributed by atoms with Crippen molar-refractivity contribution >= 4 is 17.8 Å². The van der Waals surface area contributed by atoms with E-state index in [4.69, 9.17) is 9.84 Å². The number of hydrogen-bond donors (Lipinski definition) is 1. The van der Waals surface area contributed by atoms with E-state index in [0.29, 0.717) is 25.1 Å². The third-order valence-electron chi connectivity index (χ3n) is 4.41. The molecule has 0 aliphatic carbocycles. The van der Waals surface area contributed by atoms with Gasteiger partial charge in [-0.1, -0.05) is 12.1 Å². The first kappa shape index (κ1) is 18.8. The van der Waals surface area contributed by atoms with Gasteiger partial charge in [-0.3, -0.25) is 14.4 Å². The largest absolute Gasteiger partial charge is 0.497 e. The number of benzene rings is 1. The fourth-order valence-electron chi connectivity index (χ4n) is 2.89. The van der Waals surface area contributed by atoms with Gasteiger partial charge in [0, 0.05) is 20.1 Å².